The van der Waals surface area contributed by atoms with Crippen molar-refractivity contribution in [3.8, 4) is 33.5 Å². The van der Waals surface area contributed by atoms with Gasteiger partial charge in [-0.05, 0) is 101 Å². The summed E-state index contributed by atoms with van der Waals surface area (Å²) in [6.07, 6.45) is 8.46. The fourth-order valence-electron chi connectivity index (χ4n) is 6.94. The largest absolute Gasteiger partial charge is 0.287 e. The molecule has 4 heteroatoms. The number of pyridine rings is 2. The SMILES string of the molecule is O=C1/C(=C/c2cccc(/C=C3\CCc4c(-c5ccccc5)cc(-c5ccccc5)nc4C3=O)c2)CCc2c(-c3ccccc3)ccnc21. The van der Waals surface area contributed by atoms with Crippen molar-refractivity contribution in [2.75, 3.05) is 0 Å². The molecule has 0 spiro atoms. The van der Waals surface area contributed by atoms with Crippen molar-refractivity contribution in [2.45, 2.75) is 25.7 Å². The molecule has 2 aliphatic carbocycles. The Hall–Kier alpha value is -6.00. The molecule has 2 heterocycles. The highest BCUT2D eigenvalue weighted by molar-refractivity contribution is 6.14. The summed E-state index contributed by atoms with van der Waals surface area (Å²) in [4.78, 5) is 37.2. The highest BCUT2D eigenvalue weighted by Crippen LogP contribution is 2.37. The molecule has 0 saturated carbocycles. The van der Waals surface area contributed by atoms with Gasteiger partial charge in [0.25, 0.3) is 0 Å². The van der Waals surface area contributed by atoms with Crippen LogP contribution in [0.4, 0.5) is 0 Å². The second kappa shape index (κ2) is 12.7. The summed E-state index contributed by atoms with van der Waals surface area (Å²) in [6, 6.07) is 42.6. The van der Waals surface area contributed by atoms with Gasteiger partial charge in [-0.25, -0.2) is 4.98 Å². The zero-order valence-electron chi connectivity index (χ0n) is 26.4. The molecule has 0 fully saturated rings. The molecule has 0 N–H and O–H groups in total. The molecule has 0 radical (unpaired) electrons. The summed E-state index contributed by atoms with van der Waals surface area (Å²) in [7, 11) is 0. The first kappa shape index (κ1) is 29.4. The Bertz CT molecular complexity index is 2250. The summed E-state index contributed by atoms with van der Waals surface area (Å²) in [5, 5.41) is 0. The zero-order valence-corrected chi connectivity index (χ0v) is 26.4. The fourth-order valence-corrected chi connectivity index (χ4v) is 6.94. The van der Waals surface area contributed by atoms with E-state index in [2.05, 4.69) is 35.3 Å². The van der Waals surface area contributed by atoms with Crippen LogP contribution in [0.3, 0.4) is 0 Å². The number of carbonyl (C=O) groups is 2. The number of fused-ring (bicyclic) bond motifs is 2. The van der Waals surface area contributed by atoms with E-state index in [1.54, 1.807) is 6.20 Å². The van der Waals surface area contributed by atoms with E-state index in [0.717, 1.165) is 79.8 Å². The Kier molecular flexibility index (Phi) is 7.75. The van der Waals surface area contributed by atoms with E-state index in [0.29, 0.717) is 24.2 Å². The molecule has 4 nitrogen and oxygen atoms in total. The minimum absolute atomic E-state index is 0.0219. The van der Waals surface area contributed by atoms with Crippen LogP contribution >= 0.6 is 0 Å². The maximum atomic E-state index is 14.1. The first-order chi connectivity index (χ1) is 23.6. The Morgan fingerprint density at radius 2 is 1.00 bits per heavy atom. The summed E-state index contributed by atoms with van der Waals surface area (Å²) < 4.78 is 0. The molecule has 0 unspecified atom stereocenters. The number of Topliss-reactive ketones (excluding diaryl/α,β-unsaturated/α-hetero) is 2. The summed E-state index contributed by atoms with van der Waals surface area (Å²) in [6.45, 7) is 0. The number of aromatic nitrogens is 2. The van der Waals surface area contributed by atoms with Crippen molar-refractivity contribution < 1.29 is 9.59 Å². The number of carbonyl (C=O) groups excluding carboxylic acids is 2. The van der Waals surface area contributed by atoms with Crippen LogP contribution in [0.15, 0.2) is 145 Å². The lowest BCUT2D eigenvalue weighted by molar-refractivity contribution is 0.101. The average Bonchev–Trinajstić information content (AvgIpc) is 3.15. The maximum absolute atomic E-state index is 14.1. The van der Waals surface area contributed by atoms with Gasteiger partial charge < -0.3 is 0 Å². The third kappa shape index (κ3) is 5.62. The van der Waals surface area contributed by atoms with E-state index >= 15 is 0 Å². The lowest BCUT2D eigenvalue weighted by Gasteiger charge is -2.22. The minimum Gasteiger partial charge on any atom is -0.287 e. The molecule has 0 saturated heterocycles. The molecule has 8 rings (SSSR count). The van der Waals surface area contributed by atoms with Crippen molar-refractivity contribution in [1.29, 1.82) is 0 Å². The number of nitrogens with zero attached hydrogens (tertiary/aromatic N) is 2. The first-order valence-corrected chi connectivity index (χ1v) is 16.4. The van der Waals surface area contributed by atoms with E-state index in [1.165, 1.54) is 0 Å². The van der Waals surface area contributed by atoms with Gasteiger partial charge in [-0.3, -0.25) is 14.6 Å². The fraction of sp³-hybridized carbons (Fsp3) is 0.0909. The molecule has 6 aromatic rings. The van der Waals surface area contributed by atoms with Crippen molar-refractivity contribution in [3.63, 3.8) is 0 Å². The quantitative estimate of drug-likeness (QED) is 0.180. The highest BCUT2D eigenvalue weighted by Gasteiger charge is 2.28. The molecule has 0 amide bonds. The number of rotatable bonds is 5. The first-order valence-electron chi connectivity index (χ1n) is 16.4. The van der Waals surface area contributed by atoms with E-state index in [1.807, 2.05) is 109 Å². The van der Waals surface area contributed by atoms with Gasteiger partial charge in [-0.15, -0.1) is 0 Å². The number of hydrogen-bond donors (Lipinski definition) is 0. The maximum Gasteiger partial charge on any atom is 0.207 e. The van der Waals surface area contributed by atoms with Crippen LogP contribution in [0, 0.1) is 0 Å². The molecule has 48 heavy (non-hydrogen) atoms. The van der Waals surface area contributed by atoms with Crippen LogP contribution < -0.4 is 0 Å². The van der Waals surface area contributed by atoms with Crippen LogP contribution in [-0.4, -0.2) is 21.5 Å². The van der Waals surface area contributed by atoms with E-state index in [4.69, 9.17) is 4.98 Å². The zero-order chi connectivity index (χ0) is 32.5. The van der Waals surface area contributed by atoms with Gasteiger partial charge in [0.15, 0.2) is 0 Å². The summed E-state index contributed by atoms with van der Waals surface area (Å²) in [5.41, 5.74) is 12.5. The van der Waals surface area contributed by atoms with Crippen LogP contribution in [0.25, 0.3) is 45.7 Å². The van der Waals surface area contributed by atoms with Crippen molar-refractivity contribution >= 4 is 23.7 Å². The second-order valence-electron chi connectivity index (χ2n) is 12.3. The monoisotopic (exact) mass is 620 g/mol. The van der Waals surface area contributed by atoms with E-state index in [9.17, 15) is 9.59 Å². The Balaban J connectivity index is 1.11. The Morgan fingerprint density at radius 1 is 0.479 bits per heavy atom. The number of hydrogen-bond acceptors (Lipinski definition) is 4. The average molecular weight is 621 g/mol. The van der Waals surface area contributed by atoms with Crippen molar-refractivity contribution in [3.05, 3.63) is 178 Å². The smallest absolute Gasteiger partial charge is 0.207 e. The molecule has 2 aromatic heterocycles. The molecule has 2 aliphatic rings. The topological polar surface area (TPSA) is 59.9 Å². The van der Waals surface area contributed by atoms with Crippen LogP contribution in [0.1, 0.15) is 56.1 Å². The standard InChI is InChI=1S/C44H32N2O2/c47-43-34(19-21-37-36(23-24-45-41(37)43)31-13-4-1-5-14-31)26-29-11-10-12-30(25-29)27-35-20-22-38-39(32-15-6-2-7-16-32)28-40(46-42(38)44(35)48)33-17-8-3-9-18-33/h1-18,23-28H,19-22H2/b34-26+,35-27+. The van der Waals surface area contributed by atoms with Gasteiger partial charge in [-0.2, -0.15) is 0 Å². The number of allylic oxidation sites excluding steroid dienone is 2. The van der Waals surface area contributed by atoms with Crippen LogP contribution in [-0.2, 0) is 12.8 Å². The third-order valence-corrected chi connectivity index (χ3v) is 9.31. The normalized spacial score (nSPS) is 15.8. The van der Waals surface area contributed by atoms with Crippen LogP contribution in [0.5, 0.6) is 0 Å². The highest BCUT2D eigenvalue weighted by atomic mass is 16.1. The molecular weight excluding hydrogens is 588 g/mol. The predicted molar refractivity (Wildman–Crippen MR) is 192 cm³/mol. The number of benzene rings is 4. The number of ketones is 2. The van der Waals surface area contributed by atoms with Gasteiger partial charge in [0.05, 0.1) is 5.69 Å². The third-order valence-electron chi connectivity index (χ3n) is 9.31. The van der Waals surface area contributed by atoms with E-state index in [-0.39, 0.29) is 11.6 Å². The molecular formula is C44H32N2O2. The molecule has 0 bridgehead atoms. The van der Waals surface area contributed by atoms with Gasteiger partial charge in [-0.1, -0.05) is 109 Å². The Labute approximate surface area is 280 Å². The molecule has 4 aromatic carbocycles. The minimum atomic E-state index is -0.0330. The summed E-state index contributed by atoms with van der Waals surface area (Å²) in [5.74, 6) is -0.0549. The lowest BCUT2D eigenvalue weighted by atomic mass is 9.84. The molecule has 230 valence electrons. The molecule has 0 atom stereocenters. The van der Waals surface area contributed by atoms with Crippen LogP contribution in [0.2, 0.25) is 0 Å². The summed E-state index contributed by atoms with van der Waals surface area (Å²) >= 11 is 0. The van der Waals surface area contributed by atoms with Gasteiger partial charge in [0.2, 0.25) is 11.6 Å². The van der Waals surface area contributed by atoms with Gasteiger partial charge in [0, 0.05) is 22.9 Å². The second-order valence-corrected chi connectivity index (χ2v) is 12.3. The van der Waals surface area contributed by atoms with Gasteiger partial charge in [0.1, 0.15) is 11.4 Å². The Morgan fingerprint density at radius 3 is 1.60 bits per heavy atom. The van der Waals surface area contributed by atoms with Crippen molar-refractivity contribution in [2.24, 2.45) is 0 Å². The van der Waals surface area contributed by atoms with E-state index < -0.39 is 0 Å². The lowest BCUT2D eigenvalue weighted by Crippen LogP contribution is -2.18. The van der Waals surface area contributed by atoms with Gasteiger partial charge >= 0.3 is 0 Å². The predicted octanol–water partition coefficient (Wildman–Crippen LogP) is 9.90. The molecule has 0 aliphatic heterocycles. The van der Waals surface area contributed by atoms with Crippen molar-refractivity contribution in [1.82, 2.24) is 9.97 Å².